The molecule has 5 nitrogen and oxygen atoms in total. The van der Waals surface area contributed by atoms with Gasteiger partial charge in [0.05, 0.1) is 11.4 Å². The molecule has 1 fully saturated rings. The lowest BCUT2D eigenvalue weighted by Gasteiger charge is -2.17. The Balaban J connectivity index is 2.27. The van der Waals surface area contributed by atoms with E-state index in [1.807, 2.05) is 0 Å². The van der Waals surface area contributed by atoms with Gasteiger partial charge in [-0.15, -0.1) is 0 Å². The number of amides is 1. The highest BCUT2D eigenvalue weighted by molar-refractivity contribution is 7.93. The van der Waals surface area contributed by atoms with Gasteiger partial charge in [-0.2, -0.15) is 0 Å². The van der Waals surface area contributed by atoms with E-state index in [1.54, 1.807) is 24.3 Å². The molecule has 1 heterocycles. The predicted octanol–water partition coefficient (Wildman–Crippen LogP) is 1.35. The van der Waals surface area contributed by atoms with Crippen molar-refractivity contribution in [1.82, 2.24) is 0 Å². The van der Waals surface area contributed by atoms with E-state index < -0.39 is 10.0 Å². The van der Waals surface area contributed by atoms with Crippen LogP contribution < -0.4 is 9.62 Å². The van der Waals surface area contributed by atoms with Crippen molar-refractivity contribution < 1.29 is 13.2 Å². The molecule has 0 aliphatic carbocycles. The lowest BCUT2D eigenvalue weighted by atomic mass is 10.2. The lowest BCUT2D eigenvalue weighted by molar-refractivity contribution is -0.111. The third-order valence-electron chi connectivity index (χ3n) is 2.69. The molecule has 0 aromatic heterocycles. The highest BCUT2D eigenvalue weighted by Crippen LogP contribution is 2.26. The van der Waals surface area contributed by atoms with Crippen molar-refractivity contribution in [3.8, 4) is 0 Å². The summed E-state index contributed by atoms with van der Waals surface area (Å²) in [7, 11) is -3.19. The molecule has 18 heavy (non-hydrogen) atoms. The van der Waals surface area contributed by atoms with Crippen LogP contribution in [0.3, 0.4) is 0 Å². The van der Waals surface area contributed by atoms with Gasteiger partial charge in [-0.05, 0) is 30.7 Å². The largest absolute Gasteiger partial charge is 0.322 e. The van der Waals surface area contributed by atoms with Crippen LogP contribution in [-0.4, -0.2) is 26.6 Å². The molecule has 96 valence electrons. The third kappa shape index (κ3) is 2.53. The number of hydrogen-bond acceptors (Lipinski definition) is 3. The standard InChI is InChI=1S/C12H14N2O3S/c1-2-12(15)13-10-5-3-6-11(9-10)14-7-4-8-18(14,16)17/h2-3,5-6,9H,1,4,7-8H2,(H,13,15). The van der Waals surface area contributed by atoms with Gasteiger partial charge in [0.1, 0.15) is 0 Å². The minimum absolute atomic E-state index is 0.177. The summed E-state index contributed by atoms with van der Waals surface area (Å²) >= 11 is 0. The molecular weight excluding hydrogens is 252 g/mol. The molecule has 0 bridgehead atoms. The van der Waals surface area contributed by atoms with Crippen molar-refractivity contribution in [1.29, 1.82) is 0 Å². The van der Waals surface area contributed by atoms with E-state index in [-0.39, 0.29) is 11.7 Å². The Hall–Kier alpha value is -1.82. The molecule has 1 aliphatic heterocycles. The fraction of sp³-hybridized carbons (Fsp3) is 0.250. The van der Waals surface area contributed by atoms with Gasteiger partial charge in [-0.3, -0.25) is 9.10 Å². The number of carbonyl (C=O) groups is 1. The van der Waals surface area contributed by atoms with Crippen molar-refractivity contribution in [3.63, 3.8) is 0 Å². The second-order valence-electron chi connectivity index (χ2n) is 3.99. The van der Waals surface area contributed by atoms with Crippen LogP contribution in [0.15, 0.2) is 36.9 Å². The SMILES string of the molecule is C=CC(=O)Nc1cccc(N2CCCS2(=O)=O)c1. The Bertz CT molecular complexity index is 581. The molecule has 0 spiro atoms. The predicted molar refractivity (Wildman–Crippen MR) is 71.0 cm³/mol. The molecular formula is C12H14N2O3S. The monoisotopic (exact) mass is 266 g/mol. The normalized spacial score (nSPS) is 17.4. The maximum atomic E-state index is 11.8. The van der Waals surface area contributed by atoms with Crippen molar-refractivity contribution in [2.24, 2.45) is 0 Å². The van der Waals surface area contributed by atoms with E-state index in [4.69, 9.17) is 0 Å². The van der Waals surface area contributed by atoms with Crippen molar-refractivity contribution >= 4 is 27.3 Å². The zero-order valence-electron chi connectivity index (χ0n) is 9.80. The fourth-order valence-electron chi connectivity index (χ4n) is 1.86. The first-order chi connectivity index (χ1) is 8.53. The summed E-state index contributed by atoms with van der Waals surface area (Å²) in [5, 5.41) is 2.60. The van der Waals surface area contributed by atoms with Gasteiger partial charge in [0.25, 0.3) is 0 Å². The highest BCUT2D eigenvalue weighted by Gasteiger charge is 2.28. The molecule has 0 radical (unpaired) electrons. The summed E-state index contributed by atoms with van der Waals surface area (Å²) in [6, 6.07) is 6.77. The Morgan fingerprint density at radius 3 is 2.83 bits per heavy atom. The van der Waals surface area contributed by atoms with Gasteiger partial charge < -0.3 is 5.32 Å². The minimum Gasteiger partial charge on any atom is -0.322 e. The van der Waals surface area contributed by atoms with Crippen LogP contribution in [0.25, 0.3) is 0 Å². The number of benzene rings is 1. The van der Waals surface area contributed by atoms with Crippen LogP contribution in [0.4, 0.5) is 11.4 Å². The van der Waals surface area contributed by atoms with Gasteiger partial charge in [-0.1, -0.05) is 12.6 Å². The maximum Gasteiger partial charge on any atom is 0.247 e. The topological polar surface area (TPSA) is 66.5 Å². The van der Waals surface area contributed by atoms with Crippen LogP contribution >= 0.6 is 0 Å². The summed E-state index contributed by atoms with van der Waals surface area (Å²) in [6.07, 6.45) is 1.80. The maximum absolute atomic E-state index is 11.8. The molecule has 2 rings (SSSR count). The van der Waals surface area contributed by atoms with Crippen molar-refractivity contribution in [2.45, 2.75) is 6.42 Å². The average Bonchev–Trinajstić information content (AvgIpc) is 2.69. The van der Waals surface area contributed by atoms with E-state index in [1.165, 1.54) is 10.4 Å². The van der Waals surface area contributed by atoms with E-state index in [0.717, 1.165) is 0 Å². The Morgan fingerprint density at radius 2 is 2.22 bits per heavy atom. The smallest absolute Gasteiger partial charge is 0.247 e. The molecule has 0 unspecified atom stereocenters. The van der Waals surface area contributed by atoms with Gasteiger partial charge in [-0.25, -0.2) is 8.42 Å². The molecule has 0 saturated carbocycles. The lowest BCUT2D eigenvalue weighted by Crippen LogP contribution is -2.25. The number of nitrogens with zero attached hydrogens (tertiary/aromatic N) is 1. The minimum atomic E-state index is -3.19. The summed E-state index contributed by atoms with van der Waals surface area (Å²) in [4.78, 5) is 11.2. The number of anilines is 2. The van der Waals surface area contributed by atoms with Crippen LogP contribution in [0.1, 0.15) is 6.42 Å². The van der Waals surface area contributed by atoms with Gasteiger partial charge >= 0.3 is 0 Å². The van der Waals surface area contributed by atoms with Gasteiger partial charge in [0, 0.05) is 12.2 Å². The first kappa shape index (κ1) is 12.6. The van der Waals surface area contributed by atoms with Crippen LogP contribution in [0, 0.1) is 0 Å². The van der Waals surface area contributed by atoms with E-state index >= 15 is 0 Å². The Kier molecular flexibility index (Phi) is 3.38. The van der Waals surface area contributed by atoms with Crippen LogP contribution in [0.5, 0.6) is 0 Å². The number of sulfonamides is 1. The number of nitrogens with one attached hydrogen (secondary N) is 1. The molecule has 0 atom stereocenters. The first-order valence-corrected chi connectivity index (χ1v) is 7.18. The van der Waals surface area contributed by atoms with E-state index in [0.29, 0.717) is 24.3 Å². The van der Waals surface area contributed by atoms with E-state index in [9.17, 15) is 13.2 Å². The molecule has 1 aliphatic rings. The second kappa shape index (κ2) is 4.81. The fourth-order valence-corrected chi connectivity index (χ4v) is 3.42. The van der Waals surface area contributed by atoms with Crippen molar-refractivity contribution in [3.05, 3.63) is 36.9 Å². The molecule has 1 saturated heterocycles. The molecule has 1 aromatic rings. The zero-order valence-corrected chi connectivity index (χ0v) is 10.6. The summed E-state index contributed by atoms with van der Waals surface area (Å²) < 4.78 is 24.9. The van der Waals surface area contributed by atoms with Gasteiger partial charge in [0.15, 0.2) is 0 Å². The number of carbonyl (C=O) groups excluding carboxylic acids is 1. The second-order valence-corrected chi connectivity index (χ2v) is 6.00. The number of rotatable bonds is 3. The highest BCUT2D eigenvalue weighted by atomic mass is 32.2. The van der Waals surface area contributed by atoms with E-state index in [2.05, 4.69) is 11.9 Å². The summed E-state index contributed by atoms with van der Waals surface area (Å²) in [5.74, 6) is -0.146. The summed E-state index contributed by atoms with van der Waals surface area (Å²) in [5.41, 5.74) is 1.13. The quantitative estimate of drug-likeness (QED) is 0.840. The van der Waals surface area contributed by atoms with Crippen LogP contribution in [0.2, 0.25) is 0 Å². The van der Waals surface area contributed by atoms with Gasteiger partial charge in [0.2, 0.25) is 15.9 Å². The third-order valence-corrected chi connectivity index (χ3v) is 4.56. The zero-order chi connectivity index (χ0) is 13.2. The molecule has 1 N–H and O–H groups in total. The summed E-state index contributed by atoms with van der Waals surface area (Å²) in [6.45, 7) is 3.85. The van der Waals surface area contributed by atoms with Crippen molar-refractivity contribution in [2.75, 3.05) is 21.9 Å². The van der Waals surface area contributed by atoms with Crippen LogP contribution in [-0.2, 0) is 14.8 Å². The number of hydrogen-bond donors (Lipinski definition) is 1. The molecule has 1 amide bonds. The first-order valence-electron chi connectivity index (χ1n) is 5.57. The molecule has 6 heteroatoms. The Labute approximate surface area is 106 Å². The average molecular weight is 266 g/mol. The molecule has 1 aromatic carbocycles. The Morgan fingerprint density at radius 1 is 1.44 bits per heavy atom.